The summed E-state index contributed by atoms with van der Waals surface area (Å²) in [5.74, 6) is 2.09. The van der Waals surface area contributed by atoms with Crippen molar-refractivity contribution < 1.29 is 14.3 Å². The predicted octanol–water partition coefficient (Wildman–Crippen LogP) is 4.71. The van der Waals surface area contributed by atoms with Crippen LogP contribution in [0.25, 0.3) is 11.4 Å². The molecule has 1 aliphatic carbocycles. The Kier molecular flexibility index (Phi) is 8.19. The van der Waals surface area contributed by atoms with Crippen molar-refractivity contribution in [1.29, 1.82) is 0 Å². The standard InChI is InChI=1S/C25H29N5O3S/c1-32-21-14-13-18(15-22(21)33-2)16-26-27-23(31)17-34-25-29-28-24(19-9-5-3-6-10-19)30(25)20-11-7-4-8-12-20/h3,5-6,9-10,13-16,20H,4,7-8,11-12,17H2,1-2H3,(H,27,31)/b26-16-. The fourth-order valence-electron chi connectivity index (χ4n) is 4.10. The molecule has 1 saturated carbocycles. The van der Waals surface area contributed by atoms with Gasteiger partial charge in [-0.25, -0.2) is 5.43 Å². The summed E-state index contributed by atoms with van der Waals surface area (Å²) in [6, 6.07) is 15.9. The molecule has 0 atom stereocenters. The minimum absolute atomic E-state index is 0.197. The first-order chi connectivity index (χ1) is 16.7. The van der Waals surface area contributed by atoms with Gasteiger partial charge in [0.25, 0.3) is 5.91 Å². The second kappa shape index (κ2) is 11.7. The van der Waals surface area contributed by atoms with Gasteiger partial charge in [-0.3, -0.25) is 9.36 Å². The summed E-state index contributed by atoms with van der Waals surface area (Å²) in [4.78, 5) is 12.4. The van der Waals surface area contributed by atoms with Crippen LogP contribution < -0.4 is 14.9 Å². The van der Waals surface area contributed by atoms with E-state index in [0.29, 0.717) is 17.5 Å². The number of carbonyl (C=O) groups excluding carboxylic acids is 1. The van der Waals surface area contributed by atoms with E-state index in [-0.39, 0.29) is 11.7 Å². The van der Waals surface area contributed by atoms with Crippen molar-refractivity contribution in [2.24, 2.45) is 5.10 Å². The molecule has 34 heavy (non-hydrogen) atoms. The summed E-state index contributed by atoms with van der Waals surface area (Å²) in [5.41, 5.74) is 4.41. The van der Waals surface area contributed by atoms with Gasteiger partial charge in [-0.2, -0.15) is 5.10 Å². The molecule has 0 unspecified atom stereocenters. The highest BCUT2D eigenvalue weighted by Crippen LogP contribution is 2.35. The molecule has 1 fully saturated rings. The first-order valence-electron chi connectivity index (χ1n) is 11.4. The molecule has 1 aliphatic rings. The zero-order valence-electron chi connectivity index (χ0n) is 19.4. The van der Waals surface area contributed by atoms with Crippen molar-refractivity contribution in [2.75, 3.05) is 20.0 Å². The summed E-state index contributed by atoms with van der Waals surface area (Å²) in [6.07, 6.45) is 7.45. The van der Waals surface area contributed by atoms with Crippen molar-refractivity contribution in [3.63, 3.8) is 0 Å². The summed E-state index contributed by atoms with van der Waals surface area (Å²) in [6.45, 7) is 0. The molecule has 178 valence electrons. The maximum absolute atomic E-state index is 12.4. The van der Waals surface area contributed by atoms with Gasteiger partial charge in [0.15, 0.2) is 22.5 Å². The lowest BCUT2D eigenvalue weighted by atomic mass is 9.95. The van der Waals surface area contributed by atoms with E-state index in [1.54, 1.807) is 32.6 Å². The number of hydrogen-bond acceptors (Lipinski definition) is 7. The second-order valence-electron chi connectivity index (χ2n) is 8.03. The van der Waals surface area contributed by atoms with Gasteiger partial charge in [0, 0.05) is 11.6 Å². The molecule has 9 heteroatoms. The van der Waals surface area contributed by atoms with Crippen molar-refractivity contribution in [3.8, 4) is 22.9 Å². The number of thioether (sulfide) groups is 1. The lowest BCUT2D eigenvalue weighted by Gasteiger charge is -2.25. The van der Waals surface area contributed by atoms with E-state index in [2.05, 4.69) is 25.3 Å². The average Bonchev–Trinajstić information content (AvgIpc) is 3.32. The van der Waals surface area contributed by atoms with Crippen LogP contribution in [-0.4, -0.2) is 46.9 Å². The number of hydrogen-bond donors (Lipinski definition) is 1. The van der Waals surface area contributed by atoms with Gasteiger partial charge in [-0.05, 0) is 36.6 Å². The van der Waals surface area contributed by atoms with Crippen LogP contribution in [0, 0.1) is 0 Å². The maximum atomic E-state index is 12.4. The minimum atomic E-state index is -0.207. The normalized spacial score (nSPS) is 14.3. The van der Waals surface area contributed by atoms with Gasteiger partial charge < -0.3 is 9.47 Å². The number of benzene rings is 2. The fraction of sp³-hybridized carbons (Fsp3) is 0.360. The molecule has 0 bridgehead atoms. The first-order valence-corrected chi connectivity index (χ1v) is 12.3. The molecule has 8 nitrogen and oxygen atoms in total. The molecular formula is C25H29N5O3S. The van der Waals surface area contributed by atoms with Crippen molar-refractivity contribution in [1.82, 2.24) is 20.2 Å². The third-order valence-corrected chi connectivity index (χ3v) is 6.72. The lowest BCUT2D eigenvalue weighted by Crippen LogP contribution is -2.20. The Morgan fingerprint density at radius 1 is 1.09 bits per heavy atom. The Labute approximate surface area is 203 Å². The number of ether oxygens (including phenoxy) is 2. The van der Waals surface area contributed by atoms with Crippen LogP contribution in [0.3, 0.4) is 0 Å². The Hall–Kier alpha value is -3.33. The Bertz CT molecular complexity index is 1130. The van der Waals surface area contributed by atoms with Crippen LogP contribution in [0.2, 0.25) is 0 Å². The first kappa shape index (κ1) is 23.8. The van der Waals surface area contributed by atoms with Crippen LogP contribution in [0.5, 0.6) is 11.5 Å². The van der Waals surface area contributed by atoms with Crippen LogP contribution >= 0.6 is 11.8 Å². The van der Waals surface area contributed by atoms with Crippen LogP contribution in [0.1, 0.15) is 43.7 Å². The molecule has 0 saturated heterocycles. The smallest absolute Gasteiger partial charge is 0.250 e. The monoisotopic (exact) mass is 479 g/mol. The largest absolute Gasteiger partial charge is 0.493 e. The Morgan fingerprint density at radius 2 is 1.85 bits per heavy atom. The number of carbonyl (C=O) groups is 1. The lowest BCUT2D eigenvalue weighted by molar-refractivity contribution is -0.118. The zero-order valence-corrected chi connectivity index (χ0v) is 20.3. The van der Waals surface area contributed by atoms with E-state index >= 15 is 0 Å². The third kappa shape index (κ3) is 5.77. The summed E-state index contributed by atoms with van der Waals surface area (Å²) >= 11 is 1.39. The molecule has 1 heterocycles. The van der Waals surface area contributed by atoms with Crippen molar-refractivity contribution >= 4 is 23.9 Å². The van der Waals surface area contributed by atoms with E-state index in [0.717, 1.165) is 34.9 Å². The van der Waals surface area contributed by atoms with Gasteiger partial charge in [0.05, 0.1) is 26.2 Å². The third-order valence-electron chi connectivity index (χ3n) is 5.78. The van der Waals surface area contributed by atoms with E-state index in [1.807, 2.05) is 36.4 Å². The molecular weight excluding hydrogens is 450 g/mol. The van der Waals surface area contributed by atoms with E-state index in [9.17, 15) is 4.79 Å². The molecule has 1 aromatic heterocycles. The summed E-state index contributed by atoms with van der Waals surface area (Å²) < 4.78 is 12.8. The van der Waals surface area contributed by atoms with Gasteiger partial charge in [-0.1, -0.05) is 61.4 Å². The quantitative estimate of drug-likeness (QED) is 0.272. The molecule has 4 rings (SSSR count). The molecule has 1 N–H and O–H groups in total. The summed E-state index contributed by atoms with van der Waals surface area (Å²) in [7, 11) is 3.16. The molecule has 0 aliphatic heterocycles. The molecule has 1 amide bonds. The Balaban J connectivity index is 1.41. The average molecular weight is 480 g/mol. The second-order valence-corrected chi connectivity index (χ2v) is 8.97. The van der Waals surface area contributed by atoms with Crippen molar-refractivity contribution in [3.05, 3.63) is 54.1 Å². The zero-order chi connectivity index (χ0) is 23.8. The Morgan fingerprint density at radius 3 is 2.59 bits per heavy atom. The number of hydrazone groups is 1. The minimum Gasteiger partial charge on any atom is -0.493 e. The number of rotatable bonds is 9. The van der Waals surface area contributed by atoms with Gasteiger partial charge >= 0.3 is 0 Å². The predicted molar refractivity (Wildman–Crippen MR) is 134 cm³/mol. The molecule has 0 spiro atoms. The number of nitrogens with one attached hydrogen (secondary N) is 1. The van der Waals surface area contributed by atoms with E-state index in [1.165, 1.54) is 31.0 Å². The topological polar surface area (TPSA) is 90.6 Å². The van der Waals surface area contributed by atoms with E-state index in [4.69, 9.17) is 9.47 Å². The van der Waals surface area contributed by atoms with Gasteiger partial charge in [0.2, 0.25) is 0 Å². The number of nitrogens with zero attached hydrogens (tertiary/aromatic N) is 4. The van der Waals surface area contributed by atoms with Crippen LogP contribution in [-0.2, 0) is 4.79 Å². The maximum Gasteiger partial charge on any atom is 0.250 e. The van der Waals surface area contributed by atoms with Gasteiger partial charge in [0.1, 0.15) is 0 Å². The van der Waals surface area contributed by atoms with Gasteiger partial charge in [-0.15, -0.1) is 10.2 Å². The molecule has 2 aromatic carbocycles. The number of aromatic nitrogens is 3. The van der Waals surface area contributed by atoms with Crippen LogP contribution in [0.15, 0.2) is 58.8 Å². The highest BCUT2D eigenvalue weighted by atomic mass is 32.2. The number of amides is 1. The summed E-state index contributed by atoms with van der Waals surface area (Å²) in [5, 5.41) is 13.8. The van der Waals surface area contributed by atoms with Crippen molar-refractivity contribution in [2.45, 2.75) is 43.3 Å². The number of methoxy groups -OCH3 is 2. The molecule has 3 aromatic rings. The van der Waals surface area contributed by atoms with Crippen LogP contribution in [0.4, 0.5) is 0 Å². The fourth-order valence-corrected chi connectivity index (χ4v) is 4.90. The highest BCUT2D eigenvalue weighted by Gasteiger charge is 2.24. The SMILES string of the molecule is COc1ccc(/C=N\NC(=O)CSc2nnc(-c3ccccc3)n2C2CCCCC2)cc1OC. The van der Waals surface area contributed by atoms with E-state index < -0.39 is 0 Å². The molecule has 0 radical (unpaired) electrons. The highest BCUT2D eigenvalue weighted by molar-refractivity contribution is 7.99.